The molecule has 0 spiro atoms. The van der Waals surface area contributed by atoms with Crippen LogP contribution in [0.15, 0.2) is 46.9 Å². The molecule has 0 fully saturated rings. The van der Waals surface area contributed by atoms with Crippen molar-refractivity contribution in [3.8, 4) is 5.75 Å². The molecule has 2 aromatic rings. The number of nitrogens with one attached hydrogen (secondary N) is 2. The summed E-state index contributed by atoms with van der Waals surface area (Å²) < 4.78 is 6.18. The Labute approximate surface area is 139 Å². The lowest BCUT2D eigenvalue weighted by Crippen LogP contribution is -2.16. The van der Waals surface area contributed by atoms with E-state index in [1.54, 1.807) is 13.2 Å². The summed E-state index contributed by atoms with van der Waals surface area (Å²) in [6.45, 7) is 2.61. The first kappa shape index (κ1) is 16.4. The van der Waals surface area contributed by atoms with Crippen molar-refractivity contribution in [3.05, 3.63) is 52.5 Å². The van der Waals surface area contributed by atoms with E-state index in [9.17, 15) is 4.79 Å². The van der Waals surface area contributed by atoms with Crippen LogP contribution in [0.25, 0.3) is 0 Å². The van der Waals surface area contributed by atoms with Gasteiger partial charge < -0.3 is 15.4 Å². The Morgan fingerprint density at radius 1 is 1.18 bits per heavy atom. The molecule has 0 aliphatic rings. The molecule has 2 N–H and O–H groups in total. The first-order valence-electron chi connectivity index (χ1n) is 7.02. The molecule has 0 atom stereocenters. The molecule has 22 heavy (non-hydrogen) atoms. The monoisotopic (exact) mass is 362 g/mol. The summed E-state index contributed by atoms with van der Waals surface area (Å²) in [7, 11) is 1.60. The Kier molecular flexibility index (Phi) is 5.83. The number of rotatable bonds is 6. The summed E-state index contributed by atoms with van der Waals surface area (Å²) in [6.07, 6.45) is 0.392. The topological polar surface area (TPSA) is 50.4 Å². The van der Waals surface area contributed by atoms with Crippen molar-refractivity contribution in [1.82, 2.24) is 0 Å². The third-order valence-corrected chi connectivity index (χ3v) is 4.06. The van der Waals surface area contributed by atoms with E-state index in [4.69, 9.17) is 4.74 Å². The average molecular weight is 363 g/mol. The fourth-order valence-corrected chi connectivity index (χ4v) is 2.33. The third-order valence-electron chi connectivity index (χ3n) is 3.21. The third kappa shape index (κ3) is 4.77. The van der Waals surface area contributed by atoms with Gasteiger partial charge in [-0.3, -0.25) is 4.79 Å². The number of ether oxygens (including phenoxy) is 1. The number of carbonyl (C=O) groups is 1. The minimum atomic E-state index is -0.0352. The van der Waals surface area contributed by atoms with E-state index in [2.05, 4.69) is 26.6 Å². The molecular formula is C17H19BrN2O2. The highest BCUT2D eigenvalue weighted by Gasteiger charge is 2.04. The number of amides is 1. The van der Waals surface area contributed by atoms with E-state index in [1.807, 2.05) is 43.3 Å². The smallest absolute Gasteiger partial charge is 0.226 e. The van der Waals surface area contributed by atoms with Gasteiger partial charge in [0.25, 0.3) is 0 Å². The van der Waals surface area contributed by atoms with Crippen LogP contribution in [0, 0.1) is 6.92 Å². The van der Waals surface area contributed by atoms with Gasteiger partial charge in [-0.15, -0.1) is 0 Å². The van der Waals surface area contributed by atoms with E-state index >= 15 is 0 Å². The molecule has 1 amide bonds. The van der Waals surface area contributed by atoms with Gasteiger partial charge in [0.2, 0.25) is 5.91 Å². The quantitative estimate of drug-likeness (QED) is 0.809. The van der Waals surface area contributed by atoms with Gasteiger partial charge >= 0.3 is 0 Å². The van der Waals surface area contributed by atoms with Gasteiger partial charge in [-0.2, -0.15) is 0 Å². The number of hydrogen-bond donors (Lipinski definition) is 2. The van der Waals surface area contributed by atoms with Gasteiger partial charge in [0.1, 0.15) is 5.75 Å². The summed E-state index contributed by atoms with van der Waals surface area (Å²) in [5.41, 5.74) is 2.91. The molecule has 5 heteroatoms. The Hall–Kier alpha value is -2.01. The van der Waals surface area contributed by atoms with Crippen LogP contribution in [0.3, 0.4) is 0 Å². The second-order valence-electron chi connectivity index (χ2n) is 4.92. The Morgan fingerprint density at radius 2 is 2.00 bits per heavy atom. The molecule has 0 radical (unpaired) electrons. The Balaban J connectivity index is 1.81. The van der Waals surface area contributed by atoms with Crippen molar-refractivity contribution in [3.63, 3.8) is 0 Å². The van der Waals surface area contributed by atoms with Crippen molar-refractivity contribution in [2.24, 2.45) is 0 Å². The zero-order valence-electron chi connectivity index (χ0n) is 12.7. The predicted molar refractivity (Wildman–Crippen MR) is 93.6 cm³/mol. The molecule has 2 aromatic carbocycles. The van der Waals surface area contributed by atoms with Crippen LogP contribution >= 0.6 is 15.9 Å². The summed E-state index contributed by atoms with van der Waals surface area (Å²) in [4.78, 5) is 11.9. The Morgan fingerprint density at radius 3 is 2.73 bits per heavy atom. The molecule has 0 aliphatic heterocycles. The molecule has 0 heterocycles. The molecule has 0 saturated carbocycles. The first-order valence-corrected chi connectivity index (χ1v) is 7.81. The second kappa shape index (κ2) is 7.84. The van der Waals surface area contributed by atoms with Gasteiger partial charge in [0.05, 0.1) is 7.11 Å². The molecule has 116 valence electrons. The van der Waals surface area contributed by atoms with Crippen LogP contribution in [0.1, 0.15) is 12.0 Å². The zero-order chi connectivity index (χ0) is 15.9. The first-order chi connectivity index (χ1) is 10.6. The fraction of sp³-hybridized carbons (Fsp3) is 0.235. The van der Waals surface area contributed by atoms with Crippen LogP contribution in [0.2, 0.25) is 0 Å². The van der Waals surface area contributed by atoms with Crippen LogP contribution in [-0.4, -0.2) is 19.6 Å². The molecule has 0 bridgehead atoms. The SMILES string of the molecule is COc1cccc(NC(=O)CCNc2ccc(C)c(Br)c2)c1. The van der Waals surface area contributed by atoms with E-state index < -0.39 is 0 Å². The van der Waals surface area contributed by atoms with Gasteiger partial charge in [-0.1, -0.05) is 28.1 Å². The highest BCUT2D eigenvalue weighted by molar-refractivity contribution is 9.10. The van der Waals surface area contributed by atoms with Crippen molar-refractivity contribution >= 4 is 33.2 Å². The summed E-state index contributed by atoms with van der Waals surface area (Å²) in [6, 6.07) is 13.4. The maximum absolute atomic E-state index is 11.9. The van der Waals surface area contributed by atoms with Crippen LogP contribution < -0.4 is 15.4 Å². The summed E-state index contributed by atoms with van der Waals surface area (Å²) in [5, 5.41) is 6.09. The number of hydrogen-bond acceptors (Lipinski definition) is 3. The van der Waals surface area contributed by atoms with E-state index in [0.29, 0.717) is 13.0 Å². The van der Waals surface area contributed by atoms with Crippen molar-refractivity contribution in [1.29, 1.82) is 0 Å². The highest BCUT2D eigenvalue weighted by Crippen LogP contribution is 2.20. The van der Waals surface area contributed by atoms with Crippen LogP contribution in [0.4, 0.5) is 11.4 Å². The normalized spacial score (nSPS) is 10.1. The molecular weight excluding hydrogens is 344 g/mol. The van der Waals surface area contributed by atoms with E-state index in [1.165, 1.54) is 5.56 Å². The summed E-state index contributed by atoms with van der Waals surface area (Å²) >= 11 is 3.49. The van der Waals surface area contributed by atoms with Crippen molar-refractivity contribution in [2.45, 2.75) is 13.3 Å². The van der Waals surface area contributed by atoms with Gasteiger partial charge in [-0.05, 0) is 36.8 Å². The molecule has 0 aliphatic carbocycles. The number of anilines is 2. The van der Waals surface area contributed by atoms with Gasteiger partial charge in [-0.25, -0.2) is 0 Å². The Bertz CT molecular complexity index is 659. The molecule has 0 unspecified atom stereocenters. The number of aryl methyl sites for hydroxylation is 1. The lowest BCUT2D eigenvalue weighted by atomic mass is 10.2. The van der Waals surface area contributed by atoms with Gasteiger partial charge in [0, 0.05) is 34.9 Å². The molecule has 0 aromatic heterocycles. The summed E-state index contributed by atoms with van der Waals surface area (Å²) in [5.74, 6) is 0.687. The van der Waals surface area contributed by atoms with Gasteiger partial charge in [0.15, 0.2) is 0 Å². The minimum Gasteiger partial charge on any atom is -0.497 e. The average Bonchev–Trinajstić information content (AvgIpc) is 2.51. The molecule has 4 nitrogen and oxygen atoms in total. The number of carbonyl (C=O) groups excluding carboxylic acids is 1. The second-order valence-corrected chi connectivity index (χ2v) is 5.78. The van der Waals surface area contributed by atoms with Crippen molar-refractivity contribution < 1.29 is 9.53 Å². The maximum atomic E-state index is 11.9. The molecule has 2 rings (SSSR count). The fourth-order valence-electron chi connectivity index (χ4n) is 1.95. The predicted octanol–water partition coefficient (Wildman–Crippen LogP) is 4.21. The zero-order valence-corrected chi connectivity index (χ0v) is 14.2. The number of methoxy groups -OCH3 is 1. The maximum Gasteiger partial charge on any atom is 0.226 e. The van der Waals surface area contributed by atoms with Crippen LogP contribution in [-0.2, 0) is 4.79 Å². The lowest BCUT2D eigenvalue weighted by molar-refractivity contribution is -0.115. The number of halogens is 1. The minimum absolute atomic E-state index is 0.0352. The largest absolute Gasteiger partial charge is 0.497 e. The number of benzene rings is 2. The standard InChI is InChI=1S/C17H19BrN2O2/c1-12-6-7-13(11-16(12)18)19-9-8-17(21)20-14-4-3-5-15(10-14)22-2/h3-7,10-11,19H,8-9H2,1-2H3,(H,20,21). The lowest BCUT2D eigenvalue weighted by Gasteiger charge is -2.09. The van der Waals surface area contributed by atoms with E-state index in [-0.39, 0.29) is 5.91 Å². The molecule has 0 saturated heterocycles. The van der Waals surface area contributed by atoms with Crippen LogP contribution in [0.5, 0.6) is 5.75 Å². The van der Waals surface area contributed by atoms with E-state index in [0.717, 1.165) is 21.6 Å². The highest BCUT2D eigenvalue weighted by atomic mass is 79.9. The van der Waals surface area contributed by atoms with Crippen molar-refractivity contribution in [2.75, 3.05) is 24.3 Å².